The standard InChI is InChI=1S/C18H22N2O6S/c1-12-6-8-16(17(10-12)25-5)26-15-9-7-13(11-14(15)20(21)22)27(23,24)19-18(2,3)4/h6-11,19H,1-5H3. The van der Waals surface area contributed by atoms with E-state index >= 15 is 0 Å². The molecule has 2 rings (SSSR count). The van der Waals surface area contributed by atoms with Crippen molar-refractivity contribution in [2.45, 2.75) is 38.1 Å². The lowest BCUT2D eigenvalue weighted by Gasteiger charge is -2.20. The number of benzene rings is 2. The van der Waals surface area contributed by atoms with Gasteiger partial charge in [-0.15, -0.1) is 0 Å². The van der Waals surface area contributed by atoms with Gasteiger partial charge in [0.1, 0.15) is 0 Å². The third kappa shape index (κ3) is 5.18. The molecule has 0 aromatic heterocycles. The summed E-state index contributed by atoms with van der Waals surface area (Å²) in [4.78, 5) is 10.6. The molecule has 0 saturated carbocycles. The Kier molecular flexibility index (Phi) is 5.76. The van der Waals surface area contributed by atoms with Crippen LogP contribution in [0.1, 0.15) is 26.3 Å². The van der Waals surface area contributed by atoms with Crippen LogP contribution in [0.4, 0.5) is 5.69 Å². The predicted molar refractivity (Wildman–Crippen MR) is 101 cm³/mol. The normalized spacial score (nSPS) is 11.9. The fourth-order valence-corrected chi connectivity index (χ4v) is 3.77. The van der Waals surface area contributed by atoms with Crippen molar-refractivity contribution in [3.63, 3.8) is 0 Å². The van der Waals surface area contributed by atoms with Crippen molar-refractivity contribution in [2.75, 3.05) is 7.11 Å². The van der Waals surface area contributed by atoms with E-state index in [1.54, 1.807) is 39.0 Å². The van der Waals surface area contributed by atoms with E-state index in [1.165, 1.54) is 19.2 Å². The largest absolute Gasteiger partial charge is 0.493 e. The number of aryl methyl sites for hydroxylation is 1. The molecule has 1 N–H and O–H groups in total. The van der Waals surface area contributed by atoms with Crippen LogP contribution in [-0.4, -0.2) is 26.0 Å². The van der Waals surface area contributed by atoms with Gasteiger partial charge in [-0.3, -0.25) is 10.1 Å². The average molecular weight is 394 g/mol. The number of methoxy groups -OCH3 is 1. The third-order valence-corrected chi connectivity index (χ3v) is 5.17. The highest BCUT2D eigenvalue weighted by atomic mass is 32.2. The van der Waals surface area contributed by atoms with E-state index in [2.05, 4.69) is 4.72 Å². The van der Waals surface area contributed by atoms with Crippen LogP contribution in [0.5, 0.6) is 17.2 Å². The zero-order valence-electron chi connectivity index (χ0n) is 15.8. The van der Waals surface area contributed by atoms with Gasteiger partial charge >= 0.3 is 5.69 Å². The Balaban J connectivity index is 2.47. The summed E-state index contributed by atoms with van der Waals surface area (Å²) in [5.74, 6) is 0.613. The smallest absolute Gasteiger partial charge is 0.312 e. The van der Waals surface area contributed by atoms with E-state index < -0.39 is 26.2 Å². The molecule has 0 fully saturated rings. The molecule has 8 nitrogen and oxygen atoms in total. The van der Waals surface area contributed by atoms with Gasteiger partial charge in [-0.25, -0.2) is 13.1 Å². The fraction of sp³-hybridized carbons (Fsp3) is 0.333. The summed E-state index contributed by atoms with van der Waals surface area (Å²) < 4.78 is 38.2. The molecule has 0 amide bonds. The fourth-order valence-electron chi connectivity index (χ4n) is 2.33. The number of hydrogen-bond donors (Lipinski definition) is 1. The Labute approximate surface area is 158 Å². The summed E-state index contributed by atoms with van der Waals surface area (Å²) in [5.41, 5.74) is -0.254. The van der Waals surface area contributed by atoms with Crippen LogP contribution >= 0.6 is 0 Å². The Morgan fingerprint density at radius 3 is 2.22 bits per heavy atom. The van der Waals surface area contributed by atoms with E-state index in [0.29, 0.717) is 5.75 Å². The van der Waals surface area contributed by atoms with Crippen LogP contribution in [-0.2, 0) is 10.0 Å². The first kappa shape index (κ1) is 20.7. The maximum Gasteiger partial charge on any atom is 0.312 e. The molecule has 0 aliphatic rings. The second-order valence-electron chi connectivity index (χ2n) is 7.00. The molecule has 0 heterocycles. The molecule has 2 aromatic carbocycles. The highest BCUT2D eigenvalue weighted by Gasteiger charge is 2.26. The van der Waals surface area contributed by atoms with Gasteiger partial charge in [-0.05, 0) is 57.5 Å². The first-order valence-corrected chi connectivity index (χ1v) is 9.56. The van der Waals surface area contributed by atoms with Crippen LogP contribution in [0.25, 0.3) is 0 Å². The van der Waals surface area contributed by atoms with Crippen LogP contribution in [0.3, 0.4) is 0 Å². The Hall–Kier alpha value is -2.65. The monoisotopic (exact) mass is 394 g/mol. The van der Waals surface area contributed by atoms with Gasteiger partial charge in [-0.2, -0.15) is 0 Å². The average Bonchev–Trinajstić information content (AvgIpc) is 2.54. The molecular weight excluding hydrogens is 372 g/mol. The highest BCUT2D eigenvalue weighted by Crippen LogP contribution is 2.37. The lowest BCUT2D eigenvalue weighted by Crippen LogP contribution is -2.40. The molecule has 0 atom stereocenters. The molecule has 2 aromatic rings. The molecule has 27 heavy (non-hydrogen) atoms. The number of rotatable bonds is 6. The first-order chi connectivity index (χ1) is 12.4. The van der Waals surface area contributed by atoms with Gasteiger partial charge < -0.3 is 9.47 Å². The molecule has 0 saturated heterocycles. The number of hydrogen-bond acceptors (Lipinski definition) is 6. The van der Waals surface area contributed by atoms with Crippen LogP contribution < -0.4 is 14.2 Å². The highest BCUT2D eigenvalue weighted by molar-refractivity contribution is 7.89. The van der Waals surface area contributed by atoms with Gasteiger partial charge in [-0.1, -0.05) is 6.07 Å². The minimum atomic E-state index is -3.92. The van der Waals surface area contributed by atoms with Crippen LogP contribution in [0, 0.1) is 17.0 Å². The Morgan fingerprint density at radius 1 is 1.04 bits per heavy atom. The van der Waals surface area contributed by atoms with Crippen molar-refractivity contribution in [3.8, 4) is 17.2 Å². The van der Waals surface area contributed by atoms with Crippen molar-refractivity contribution in [1.82, 2.24) is 4.72 Å². The van der Waals surface area contributed by atoms with Gasteiger partial charge in [0.05, 0.1) is 16.9 Å². The second kappa shape index (κ2) is 7.53. The number of nitrogens with one attached hydrogen (secondary N) is 1. The number of sulfonamides is 1. The maximum atomic E-state index is 12.4. The van der Waals surface area contributed by atoms with Gasteiger partial charge in [0.25, 0.3) is 0 Å². The summed E-state index contributed by atoms with van der Waals surface area (Å²) in [6.45, 7) is 6.91. The minimum Gasteiger partial charge on any atom is -0.493 e. The maximum absolute atomic E-state index is 12.4. The molecule has 0 aliphatic carbocycles. The Bertz CT molecular complexity index is 964. The molecule has 0 bridgehead atoms. The number of nitro groups is 1. The van der Waals surface area contributed by atoms with Crippen molar-refractivity contribution >= 4 is 15.7 Å². The number of nitro benzene ring substituents is 1. The SMILES string of the molecule is COc1cc(C)ccc1Oc1ccc(S(=O)(=O)NC(C)(C)C)cc1[N+](=O)[O-]. The molecule has 9 heteroatoms. The minimum absolute atomic E-state index is 0.0862. The van der Waals surface area contributed by atoms with E-state index in [9.17, 15) is 18.5 Å². The van der Waals surface area contributed by atoms with E-state index in [4.69, 9.17) is 9.47 Å². The van der Waals surface area contributed by atoms with Gasteiger partial charge in [0, 0.05) is 11.6 Å². The molecular formula is C18H22N2O6S. The number of nitrogens with zero attached hydrogens (tertiary/aromatic N) is 1. The summed E-state index contributed by atoms with van der Waals surface area (Å²) >= 11 is 0. The van der Waals surface area contributed by atoms with Gasteiger partial charge in [0.2, 0.25) is 15.8 Å². The molecule has 0 spiro atoms. The third-order valence-electron chi connectivity index (χ3n) is 3.42. The second-order valence-corrected chi connectivity index (χ2v) is 8.68. The number of ether oxygens (including phenoxy) is 2. The van der Waals surface area contributed by atoms with Crippen molar-refractivity contribution in [2.24, 2.45) is 0 Å². The molecule has 0 unspecified atom stereocenters. The summed E-state index contributed by atoms with van der Waals surface area (Å²) in [5, 5.41) is 11.5. The summed E-state index contributed by atoms with van der Waals surface area (Å²) in [6.07, 6.45) is 0. The van der Waals surface area contributed by atoms with E-state index in [0.717, 1.165) is 11.6 Å². The zero-order chi connectivity index (χ0) is 20.4. The lowest BCUT2D eigenvalue weighted by molar-refractivity contribution is -0.385. The van der Waals surface area contributed by atoms with E-state index in [-0.39, 0.29) is 16.4 Å². The molecule has 146 valence electrons. The molecule has 0 aliphatic heterocycles. The lowest BCUT2D eigenvalue weighted by atomic mass is 10.1. The van der Waals surface area contributed by atoms with Crippen LogP contribution in [0.15, 0.2) is 41.3 Å². The summed E-state index contributed by atoms with van der Waals surface area (Å²) in [6, 6.07) is 8.63. The van der Waals surface area contributed by atoms with Crippen LogP contribution in [0.2, 0.25) is 0 Å². The topological polar surface area (TPSA) is 108 Å². The molecule has 0 radical (unpaired) electrons. The predicted octanol–water partition coefficient (Wildman–Crippen LogP) is 3.78. The first-order valence-electron chi connectivity index (χ1n) is 8.08. The zero-order valence-corrected chi connectivity index (χ0v) is 16.6. The summed E-state index contributed by atoms with van der Waals surface area (Å²) in [7, 11) is -2.45. The van der Waals surface area contributed by atoms with Crippen molar-refractivity contribution in [3.05, 3.63) is 52.1 Å². The quantitative estimate of drug-likeness (QED) is 0.590. The van der Waals surface area contributed by atoms with Gasteiger partial charge in [0.15, 0.2) is 11.5 Å². The van der Waals surface area contributed by atoms with Crippen molar-refractivity contribution < 1.29 is 22.8 Å². The van der Waals surface area contributed by atoms with E-state index in [1.807, 2.05) is 6.92 Å². The Morgan fingerprint density at radius 2 is 1.67 bits per heavy atom. The van der Waals surface area contributed by atoms with Crippen molar-refractivity contribution in [1.29, 1.82) is 0 Å².